The minimum atomic E-state index is -0.367. The van der Waals surface area contributed by atoms with Crippen LogP contribution in [0.3, 0.4) is 0 Å². The molecule has 1 amide bonds. The van der Waals surface area contributed by atoms with E-state index in [2.05, 4.69) is 10.6 Å². The second kappa shape index (κ2) is 5.52. The van der Waals surface area contributed by atoms with E-state index >= 15 is 0 Å². The monoisotopic (exact) mass is 276 g/mol. The first-order valence-corrected chi connectivity index (χ1v) is 7.46. The highest BCUT2D eigenvalue weighted by Gasteiger charge is 2.38. The molecular formula is C16H21FN2O. The van der Waals surface area contributed by atoms with Gasteiger partial charge in [0.05, 0.1) is 11.7 Å². The minimum Gasteiger partial charge on any atom is -0.322 e. The smallest absolute Gasteiger partial charge is 0.241 e. The van der Waals surface area contributed by atoms with Crippen molar-refractivity contribution in [1.82, 2.24) is 5.32 Å². The van der Waals surface area contributed by atoms with E-state index in [-0.39, 0.29) is 23.5 Å². The lowest BCUT2D eigenvalue weighted by atomic mass is 9.85. The lowest BCUT2D eigenvalue weighted by Gasteiger charge is -2.24. The number of anilines is 1. The van der Waals surface area contributed by atoms with Crippen molar-refractivity contribution >= 4 is 11.6 Å². The number of benzene rings is 1. The molecule has 1 saturated heterocycles. The SMILES string of the molecule is Cc1ccc(NC(=O)C2CC3CCCCC3N2)c(F)c1. The van der Waals surface area contributed by atoms with Crippen LogP contribution in [0.1, 0.15) is 37.7 Å². The van der Waals surface area contributed by atoms with Crippen molar-refractivity contribution in [2.24, 2.45) is 5.92 Å². The zero-order valence-corrected chi connectivity index (χ0v) is 11.8. The van der Waals surface area contributed by atoms with E-state index < -0.39 is 0 Å². The highest BCUT2D eigenvalue weighted by molar-refractivity contribution is 5.95. The van der Waals surface area contributed by atoms with Gasteiger partial charge in [-0.3, -0.25) is 4.79 Å². The molecule has 4 heteroatoms. The van der Waals surface area contributed by atoms with E-state index in [4.69, 9.17) is 0 Å². The van der Waals surface area contributed by atoms with Gasteiger partial charge in [-0.25, -0.2) is 4.39 Å². The highest BCUT2D eigenvalue weighted by Crippen LogP contribution is 2.33. The number of amides is 1. The van der Waals surface area contributed by atoms with Crippen LogP contribution in [0, 0.1) is 18.7 Å². The second-order valence-corrected chi connectivity index (χ2v) is 6.08. The number of aryl methyl sites for hydroxylation is 1. The molecule has 2 fully saturated rings. The van der Waals surface area contributed by atoms with E-state index in [1.807, 2.05) is 6.92 Å². The topological polar surface area (TPSA) is 41.1 Å². The van der Waals surface area contributed by atoms with Crippen molar-refractivity contribution in [3.63, 3.8) is 0 Å². The second-order valence-electron chi connectivity index (χ2n) is 6.08. The maximum atomic E-state index is 13.8. The Morgan fingerprint density at radius 1 is 1.35 bits per heavy atom. The summed E-state index contributed by atoms with van der Waals surface area (Å²) in [6.45, 7) is 1.83. The lowest BCUT2D eigenvalue weighted by molar-refractivity contribution is -0.117. The molecule has 3 unspecified atom stereocenters. The molecule has 0 spiro atoms. The number of halogens is 1. The maximum absolute atomic E-state index is 13.8. The Kier molecular flexibility index (Phi) is 3.74. The molecule has 108 valence electrons. The average Bonchev–Trinajstić information content (AvgIpc) is 2.86. The summed E-state index contributed by atoms with van der Waals surface area (Å²) >= 11 is 0. The van der Waals surface area contributed by atoms with Crippen LogP contribution in [0.25, 0.3) is 0 Å². The molecule has 1 saturated carbocycles. The first kappa shape index (κ1) is 13.6. The van der Waals surface area contributed by atoms with E-state index in [0.717, 1.165) is 18.4 Å². The van der Waals surface area contributed by atoms with Gasteiger partial charge in [0.25, 0.3) is 0 Å². The summed E-state index contributed by atoms with van der Waals surface area (Å²) < 4.78 is 13.8. The van der Waals surface area contributed by atoms with E-state index in [1.165, 1.54) is 25.3 Å². The number of hydrogen-bond donors (Lipinski definition) is 2. The molecule has 3 rings (SSSR count). The summed E-state index contributed by atoms with van der Waals surface area (Å²) in [5.74, 6) is 0.137. The van der Waals surface area contributed by atoms with Crippen molar-refractivity contribution in [2.45, 2.75) is 51.1 Å². The lowest BCUT2D eigenvalue weighted by Crippen LogP contribution is -2.40. The zero-order chi connectivity index (χ0) is 14.1. The van der Waals surface area contributed by atoms with E-state index in [1.54, 1.807) is 12.1 Å². The predicted octanol–water partition coefficient (Wildman–Crippen LogP) is 2.99. The largest absolute Gasteiger partial charge is 0.322 e. The summed E-state index contributed by atoms with van der Waals surface area (Å²) in [4.78, 5) is 12.3. The zero-order valence-electron chi connectivity index (χ0n) is 11.8. The Morgan fingerprint density at radius 3 is 2.90 bits per heavy atom. The van der Waals surface area contributed by atoms with Crippen LogP contribution >= 0.6 is 0 Å². The number of nitrogens with one attached hydrogen (secondary N) is 2. The van der Waals surface area contributed by atoms with E-state index in [9.17, 15) is 9.18 Å². The predicted molar refractivity (Wildman–Crippen MR) is 77.1 cm³/mol. The van der Waals surface area contributed by atoms with Gasteiger partial charge in [-0.1, -0.05) is 18.9 Å². The molecule has 3 nitrogen and oxygen atoms in total. The Labute approximate surface area is 118 Å². The quantitative estimate of drug-likeness (QED) is 0.872. The number of rotatable bonds is 2. The summed E-state index contributed by atoms with van der Waals surface area (Å²) in [5, 5.41) is 6.12. The number of hydrogen-bond acceptors (Lipinski definition) is 2. The fraction of sp³-hybridized carbons (Fsp3) is 0.562. The third-order valence-corrected chi connectivity index (χ3v) is 4.56. The molecule has 20 heavy (non-hydrogen) atoms. The van der Waals surface area contributed by atoms with Crippen LogP contribution in [-0.2, 0) is 4.79 Å². The molecule has 1 aliphatic heterocycles. The van der Waals surface area contributed by atoms with Gasteiger partial charge < -0.3 is 10.6 Å². The molecule has 1 aromatic rings. The molecule has 3 atom stereocenters. The molecule has 0 radical (unpaired) electrons. The number of carbonyl (C=O) groups excluding carboxylic acids is 1. The first-order chi connectivity index (χ1) is 9.63. The number of carbonyl (C=O) groups is 1. The summed E-state index contributed by atoms with van der Waals surface area (Å²) in [5.41, 5.74) is 1.13. The van der Waals surface area contributed by atoms with Crippen molar-refractivity contribution in [3.8, 4) is 0 Å². The third kappa shape index (κ3) is 2.70. The fourth-order valence-corrected chi connectivity index (χ4v) is 3.46. The normalized spacial score (nSPS) is 29.0. The molecule has 1 aromatic carbocycles. The fourth-order valence-electron chi connectivity index (χ4n) is 3.46. The Bertz CT molecular complexity index is 503. The standard InChI is InChI=1S/C16H21FN2O/c1-10-6-7-14(12(17)8-10)19-16(20)15-9-11-4-2-3-5-13(11)18-15/h6-8,11,13,15,18H,2-5,9H2,1H3,(H,19,20). The third-order valence-electron chi connectivity index (χ3n) is 4.56. The maximum Gasteiger partial charge on any atom is 0.241 e. The molecule has 1 heterocycles. The van der Waals surface area contributed by atoms with Gasteiger partial charge in [0.15, 0.2) is 0 Å². The van der Waals surface area contributed by atoms with Crippen LogP contribution < -0.4 is 10.6 Å². The van der Waals surface area contributed by atoms with Crippen molar-refractivity contribution < 1.29 is 9.18 Å². The van der Waals surface area contributed by atoms with Crippen molar-refractivity contribution in [3.05, 3.63) is 29.6 Å². The molecule has 2 N–H and O–H groups in total. The van der Waals surface area contributed by atoms with Gasteiger partial charge in [0.1, 0.15) is 5.82 Å². The van der Waals surface area contributed by atoms with Crippen molar-refractivity contribution in [2.75, 3.05) is 5.32 Å². The van der Waals surface area contributed by atoms with E-state index in [0.29, 0.717) is 12.0 Å². The summed E-state index contributed by atoms with van der Waals surface area (Å²) in [6.07, 6.45) is 5.76. The van der Waals surface area contributed by atoms with Gasteiger partial charge in [-0.15, -0.1) is 0 Å². The summed E-state index contributed by atoms with van der Waals surface area (Å²) in [7, 11) is 0. The highest BCUT2D eigenvalue weighted by atomic mass is 19.1. The Morgan fingerprint density at radius 2 is 2.15 bits per heavy atom. The first-order valence-electron chi connectivity index (χ1n) is 7.46. The summed E-state index contributed by atoms with van der Waals surface area (Å²) in [6, 6.07) is 5.17. The molecule has 2 aliphatic rings. The van der Waals surface area contributed by atoms with Crippen LogP contribution in [0.15, 0.2) is 18.2 Å². The molecule has 1 aliphatic carbocycles. The van der Waals surface area contributed by atoms with Crippen LogP contribution in [0.4, 0.5) is 10.1 Å². The van der Waals surface area contributed by atoms with Gasteiger partial charge in [-0.2, -0.15) is 0 Å². The van der Waals surface area contributed by atoms with Gasteiger partial charge >= 0.3 is 0 Å². The minimum absolute atomic E-state index is 0.109. The molecule has 0 bridgehead atoms. The van der Waals surface area contributed by atoms with Gasteiger partial charge in [0.2, 0.25) is 5.91 Å². The van der Waals surface area contributed by atoms with Gasteiger partial charge in [-0.05, 0) is 49.8 Å². The van der Waals surface area contributed by atoms with Crippen LogP contribution in [0.2, 0.25) is 0 Å². The Hall–Kier alpha value is -1.42. The Balaban J connectivity index is 1.65. The number of fused-ring (bicyclic) bond motifs is 1. The average molecular weight is 276 g/mol. The van der Waals surface area contributed by atoms with Crippen molar-refractivity contribution in [1.29, 1.82) is 0 Å². The van der Waals surface area contributed by atoms with Crippen LogP contribution in [0.5, 0.6) is 0 Å². The van der Waals surface area contributed by atoms with Crippen LogP contribution in [-0.4, -0.2) is 18.0 Å². The molecule has 0 aromatic heterocycles. The molecular weight excluding hydrogens is 255 g/mol. The van der Waals surface area contributed by atoms with Gasteiger partial charge in [0, 0.05) is 6.04 Å².